The fraction of sp³-hybridized carbons (Fsp3) is 0.176. The first kappa shape index (κ1) is 16.4. The zero-order valence-corrected chi connectivity index (χ0v) is 12.3. The number of benzene rings is 2. The Morgan fingerprint density at radius 2 is 1.96 bits per heavy atom. The van der Waals surface area contributed by atoms with Gasteiger partial charge in [0.05, 0.1) is 11.1 Å². The first-order chi connectivity index (χ1) is 11.0. The number of alkyl halides is 2. The maximum Gasteiger partial charge on any atom is 0.387 e. The molecule has 0 unspecified atom stereocenters. The van der Waals surface area contributed by atoms with Gasteiger partial charge in [0.2, 0.25) is 5.78 Å². The Kier molecular flexibility index (Phi) is 5.26. The molecule has 0 saturated heterocycles. The highest BCUT2D eigenvalue weighted by molar-refractivity contribution is 6.00. The van der Waals surface area contributed by atoms with Crippen LogP contribution in [0, 0.1) is 18.3 Å². The molecule has 0 atom stereocenters. The van der Waals surface area contributed by atoms with E-state index in [1.165, 1.54) is 12.1 Å². The van der Waals surface area contributed by atoms with E-state index in [2.05, 4.69) is 4.74 Å². The quantitative estimate of drug-likeness (QED) is 0.762. The zero-order chi connectivity index (χ0) is 16.8. The van der Waals surface area contributed by atoms with Crippen molar-refractivity contribution >= 4 is 5.78 Å². The van der Waals surface area contributed by atoms with Crippen LogP contribution in [-0.4, -0.2) is 19.0 Å². The van der Waals surface area contributed by atoms with Gasteiger partial charge in [0.1, 0.15) is 17.6 Å². The lowest BCUT2D eigenvalue weighted by molar-refractivity contribution is -0.0501. The summed E-state index contributed by atoms with van der Waals surface area (Å²) in [5.41, 5.74) is 1.03. The molecule has 0 amide bonds. The van der Waals surface area contributed by atoms with Gasteiger partial charge in [-0.3, -0.25) is 4.79 Å². The van der Waals surface area contributed by atoms with Crippen molar-refractivity contribution in [3.05, 3.63) is 59.2 Å². The smallest absolute Gasteiger partial charge is 0.387 e. The van der Waals surface area contributed by atoms with Gasteiger partial charge in [-0.1, -0.05) is 23.8 Å². The van der Waals surface area contributed by atoms with Gasteiger partial charge in [-0.2, -0.15) is 14.0 Å². The Hall–Kier alpha value is -2.94. The molecule has 0 radical (unpaired) electrons. The topological polar surface area (TPSA) is 59.3 Å². The minimum atomic E-state index is -3.02. The van der Waals surface area contributed by atoms with E-state index < -0.39 is 12.4 Å². The van der Waals surface area contributed by atoms with Crippen molar-refractivity contribution in [1.82, 2.24) is 0 Å². The van der Waals surface area contributed by atoms with E-state index in [0.29, 0.717) is 0 Å². The summed E-state index contributed by atoms with van der Waals surface area (Å²) in [4.78, 5) is 12.2. The molecule has 0 aliphatic carbocycles. The van der Waals surface area contributed by atoms with Crippen molar-refractivity contribution in [3.8, 4) is 17.6 Å². The van der Waals surface area contributed by atoms with Crippen LogP contribution in [0.15, 0.2) is 42.5 Å². The van der Waals surface area contributed by atoms with Crippen LogP contribution in [0.25, 0.3) is 0 Å². The maximum atomic E-state index is 12.4. The Morgan fingerprint density at radius 1 is 1.22 bits per heavy atom. The van der Waals surface area contributed by atoms with Gasteiger partial charge in [0.25, 0.3) is 0 Å². The highest BCUT2D eigenvalue weighted by Gasteiger charge is 2.17. The van der Waals surface area contributed by atoms with Gasteiger partial charge in [-0.05, 0) is 31.2 Å². The molecule has 0 heterocycles. The van der Waals surface area contributed by atoms with E-state index in [1.54, 1.807) is 37.3 Å². The summed E-state index contributed by atoms with van der Waals surface area (Å²) in [6.45, 7) is -1.68. The van der Waals surface area contributed by atoms with Gasteiger partial charge < -0.3 is 9.47 Å². The van der Waals surface area contributed by atoms with E-state index in [4.69, 9.17) is 10.00 Å². The number of para-hydroxylation sites is 1. The summed E-state index contributed by atoms with van der Waals surface area (Å²) in [7, 11) is 0. The average molecular weight is 317 g/mol. The highest BCUT2D eigenvalue weighted by Crippen LogP contribution is 2.23. The molecule has 0 saturated carbocycles. The van der Waals surface area contributed by atoms with Crippen LogP contribution in [0.1, 0.15) is 21.5 Å². The van der Waals surface area contributed by atoms with Crippen molar-refractivity contribution < 1.29 is 23.0 Å². The SMILES string of the molecule is Cc1ccc(OC(F)F)c(C(=O)COc2ccccc2C#N)c1. The number of nitrogens with zero attached hydrogens (tertiary/aromatic N) is 1. The average Bonchev–Trinajstić information content (AvgIpc) is 2.54. The largest absolute Gasteiger partial charge is 0.484 e. The van der Waals surface area contributed by atoms with Gasteiger partial charge >= 0.3 is 6.61 Å². The fourth-order valence-corrected chi connectivity index (χ4v) is 1.97. The van der Waals surface area contributed by atoms with E-state index in [-0.39, 0.29) is 29.2 Å². The Balaban J connectivity index is 2.18. The fourth-order valence-electron chi connectivity index (χ4n) is 1.97. The van der Waals surface area contributed by atoms with Crippen molar-refractivity contribution in [2.45, 2.75) is 13.5 Å². The number of ketones is 1. The minimum Gasteiger partial charge on any atom is -0.484 e. The molecular formula is C17H13F2NO3. The second-order valence-electron chi connectivity index (χ2n) is 4.70. The second kappa shape index (κ2) is 7.36. The summed E-state index contributed by atoms with van der Waals surface area (Å²) < 4.78 is 34.5. The Morgan fingerprint density at radius 3 is 2.65 bits per heavy atom. The second-order valence-corrected chi connectivity index (χ2v) is 4.70. The van der Waals surface area contributed by atoms with Gasteiger partial charge in [0.15, 0.2) is 6.61 Å². The van der Waals surface area contributed by atoms with Crippen LogP contribution in [0.4, 0.5) is 8.78 Å². The number of Topliss-reactive ketones (excluding diaryl/α,β-unsaturated/α-hetero) is 1. The summed E-state index contributed by atoms with van der Waals surface area (Å²) in [5, 5.41) is 8.96. The monoisotopic (exact) mass is 317 g/mol. The van der Waals surface area contributed by atoms with E-state index in [1.807, 2.05) is 6.07 Å². The summed E-state index contributed by atoms with van der Waals surface area (Å²) in [6, 6.07) is 12.7. The third kappa shape index (κ3) is 4.27. The molecule has 0 aliphatic heterocycles. The van der Waals surface area contributed by atoms with Crippen LogP contribution in [0.3, 0.4) is 0 Å². The third-order valence-corrected chi connectivity index (χ3v) is 3.02. The number of rotatable bonds is 6. The molecule has 0 bridgehead atoms. The minimum absolute atomic E-state index is 0.0136. The van der Waals surface area contributed by atoms with Gasteiger partial charge in [-0.25, -0.2) is 0 Å². The standard InChI is InChI=1S/C17H13F2NO3/c1-11-6-7-16(23-17(18)19)13(8-11)14(21)10-22-15-5-3-2-4-12(15)9-20/h2-8,17H,10H2,1H3. The van der Waals surface area contributed by atoms with Gasteiger partial charge in [-0.15, -0.1) is 0 Å². The van der Waals surface area contributed by atoms with E-state index in [0.717, 1.165) is 5.56 Å². The molecule has 6 heteroatoms. The summed E-state index contributed by atoms with van der Waals surface area (Å²) in [5.74, 6) is -0.461. The molecule has 2 aromatic carbocycles. The number of carbonyl (C=O) groups excluding carboxylic acids is 1. The highest BCUT2D eigenvalue weighted by atomic mass is 19.3. The molecule has 2 rings (SSSR count). The molecule has 23 heavy (non-hydrogen) atoms. The van der Waals surface area contributed by atoms with Crippen LogP contribution >= 0.6 is 0 Å². The van der Waals surface area contributed by atoms with Crippen LogP contribution in [0.2, 0.25) is 0 Å². The summed E-state index contributed by atoms with van der Waals surface area (Å²) in [6.07, 6.45) is 0. The Labute approximate surface area is 131 Å². The molecule has 2 aromatic rings. The molecular weight excluding hydrogens is 304 g/mol. The number of halogens is 2. The lowest BCUT2D eigenvalue weighted by Crippen LogP contribution is -2.15. The van der Waals surface area contributed by atoms with Crippen LogP contribution < -0.4 is 9.47 Å². The van der Waals surface area contributed by atoms with Crippen LogP contribution in [-0.2, 0) is 0 Å². The number of hydrogen-bond donors (Lipinski definition) is 0. The van der Waals surface area contributed by atoms with Crippen molar-refractivity contribution in [2.24, 2.45) is 0 Å². The third-order valence-electron chi connectivity index (χ3n) is 3.02. The predicted molar refractivity (Wildman–Crippen MR) is 78.8 cm³/mol. The molecule has 4 nitrogen and oxygen atoms in total. The molecule has 0 N–H and O–H groups in total. The number of aryl methyl sites for hydroxylation is 1. The summed E-state index contributed by atoms with van der Waals surface area (Å²) >= 11 is 0. The predicted octanol–water partition coefficient (Wildman–Crippen LogP) is 3.73. The molecule has 0 fully saturated rings. The number of ether oxygens (including phenoxy) is 2. The van der Waals surface area contributed by atoms with Gasteiger partial charge in [0, 0.05) is 0 Å². The lowest BCUT2D eigenvalue weighted by atomic mass is 10.1. The van der Waals surface area contributed by atoms with E-state index in [9.17, 15) is 13.6 Å². The number of hydrogen-bond acceptors (Lipinski definition) is 4. The molecule has 118 valence electrons. The van der Waals surface area contributed by atoms with Crippen molar-refractivity contribution in [3.63, 3.8) is 0 Å². The van der Waals surface area contributed by atoms with Crippen LogP contribution in [0.5, 0.6) is 11.5 Å². The normalized spacial score (nSPS) is 10.2. The Bertz CT molecular complexity index is 754. The molecule has 0 aliphatic rings. The number of carbonyl (C=O) groups is 1. The lowest BCUT2D eigenvalue weighted by Gasteiger charge is -2.12. The van der Waals surface area contributed by atoms with E-state index >= 15 is 0 Å². The van der Waals surface area contributed by atoms with Crippen molar-refractivity contribution in [2.75, 3.05) is 6.61 Å². The maximum absolute atomic E-state index is 12.4. The molecule has 0 spiro atoms. The zero-order valence-electron chi connectivity index (χ0n) is 12.3. The van der Waals surface area contributed by atoms with Crippen molar-refractivity contribution in [1.29, 1.82) is 5.26 Å². The number of nitriles is 1. The first-order valence-corrected chi connectivity index (χ1v) is 6.72. The first-order valence-electron chi connectivity index (χ1n) is 6.72. The molecule has 0 aromatic heterocycles.